The number of aldehydes is 1. The van der Waals surface area contributed by atoms with Gasteiger partial charge in [0.1, 0.15) is 5.69 Å². The summed E-state index contributed by atoms with van der Waals surface area (Å²) in [7, 11) is 0. The Morgan fingerprint density at radius 1 is 1.42 bits per heavy atom. The monoisotopic (exact) mass is 277 g/mol. The van der Waals surface area contributed by atoms with Crippen molar-refractivity contribution in [1.82, 2.24) is 15.0 Å². The first-order valence-electron chi connectivity index (χ1n) is 6.36. The summed E-state index contributed by atoms with van der Waals surface area (Å²) in [6, 6.07) is 7.62. The highest BCUT2D eigenvalue weighted by Gasteiger charge is 2.12. The first-order valence-corrected chi connectivity index (χ1v) is 6.74. The Morgan fingerprint density at radius 2 is 2.26 bits per heavy atom. The largest absolute Gasteiger partial charge is 0.296 e. The van der Waals surface area contributed by atoms with Gasteiger partial charge in [-0.3, -0.25) is 4.79 Å². The lowest BCUT2D eigenvalue weighted by molar-refractivity contribution is 0.111. The van der Waals surface area contributed by atoms with E-state index < -0.39 is 0 Å². The maximum atomic E-state index is 11.0. The summed E-state index contributed by atoms with van der Waals surface area (Å²) >= 11 is 5.97. The van der Waals surface area contributed by atoms with Crippen LogP contribution in [0, 0.1) is 0 Å². The Kier molecular flexibility index (Phi) is 4.68. The summed E-state index contributed by atoms with van der Waals surface area (Å²) in [6.45, 7) is 2.70. The number of hydrogen-bond donors (Lipinski definition) is 0. The van der Waals surface area contributed by atoms with Crippen LogP contribution in [-0.4, -0.2) is 21.3 Å². The summed E-state index contributed by atoms with van der Waals surface area (Å²) in [5, 5.41) is 8.67. The third-order valence-corrected chi connectivity index (χ3v) is 3.20. The van der Waals surface area contributed by atoms with Crippen molar-refractivity contribution < 1.29 is 4.79 Å². The van der Waals surface area contributed by atoms with Gasteiger partial charge in [0.05, 0.1) is 12.2 Å². The molecular weight excluding hydrogens is 262 g/mol. The van der Waals surface area contributed by atoms with E-state index in [0.717, 1.165) is 36.8 Å². The van der Waals surface area contributed by atoms with E-state index in [1.165, 1.54) is 0 Å². The van der Waals surface area contributed by atoms with Crippen LogP contribution in [0.4, 0.5) is 0 Å². The molecule has 19 heavy (non-hydrogen) atoms. The average Bonchev–Trinajstić information content (AvgIpc) is 2.78. The van der Waals surface area contributed by atoms with E-state index in [-0.39, 0.29) is 0 Å². The molecular formula is C14H16ClN3O. The molecule has 0 bridgehead atoms. The fourth-order valence-electron chi connectivity index (χ4n) is 1.97. The van der Waals surface area contributed by atoms with E-state index in [2.05, 4.69) is 17.2 Å². The van der Waals surface area contributed by atoms with Crippen LogP contribution in [0.3, 0.4) is 0 Å². The van der Waals surface area contributed by atoms with Crippen LogP contribution >= 0.6 is 11.6 Å². The van der Waals surface area contributed by atoms with Crippen LogP contribution in [0.1, 0.15) is 41.5 Å². The maximum absolute atomic E-state index is 11.0. The Morgan fingerprint density at radius 3 is 2.95 bits per heavy atom. The lowest BCUT2D eigenvalue weighted by Crippen LogP contribution is -2.07. The Balaban J connectivity index is 2.24. The highest BCUT2D eigenvalue weighted by Crippen LogP contribution is 2.14. The summed E-state index contributed by atoms with van der Waals surface area (Å²) in [6.07, 6.45) is 3.68. The second kappa shape index (κ2) is 6.48. The molecule has 0 saturated heterocycles. The van der Waals surface area contributed by atoms with Gasteiger partial charge in [0, 0.05) is 5.02 Å². The fourth-order valence-corrected chi connectivity index (χ4v) is 2.19. The van der Waals surface area contributed by atoms with Gasteiger partial charge in [-0.25, -0.2) is 4.68 Å². The molecule has 1 aromatic carbocycles. The molecule has 0 unspecified atom stereocenters. The molecule has 1 heterocycles. The molecule has 0 N–H and O–H groups in total. The zero-order valence-electron chi connectivity index (χ0n) is 10.8. The first-order chi connectivity index (χ1) is 9.24. The van der Waals surface area contributed by atoms with Crippen LogP contribution in [0.25, 0.3) is 0 Å². The molecule has 5 heteroatoms. The van der Waals surface area contributed by atoms with Crippen molar-refractivity contribution in [3.8, 4) is 0 Å². The molecule has 100 valence electrons. The van der Waals surface area contributed by atoms with Crippen molar-refractivity contribution in [2.24, 2.45) is 0 Å². The summed E-state index contributed by atoms with van der Waals surface area (Å²) in [4.78, 5) is 11.0. The number of rotatable bonds is 6. The van der Waals surface area contributed by atoms with Crippen molar-refractivity contribution in [3.63, 3.8) is 0 Å². The van der Waals surface area contributed by atoms with E-state index in [1.54, 1.807) is 4.68 Å². The zero-order chi connectivity index (χ0) is 13.7. The molecule has 0 aliphatic heterocycles. The van der Waals surface area contributed by atoms with E-state index in [4.69, 9.17) is 11.6 Å². The van der Waals surface area contributed by atoms with Crippen LogP contribution in [0.15, 0.2) is 24.3 Å². The molecule has 0 spiro atoms. The second-order valence-electron chi connectivity index (χ2n) is 4.43. The third kappa shape index (κ3) is 3.41. The van der Waals surface area contributed by atoms with Crippen LogP contribution in [0.5, 0.6) is 0 Å². The summed E-state index contributed by atoms with van der Waals surface area (Å²) in [5.41, 5.74) is 2.39. The molecule has 0 aliphatic rings. The number of hydrogen-bond acceptors (Lipinski definition) is 3. The van der Waals surface area contributed by atoms with Crippen molar-refractivity contribution in [2.75, 3.05) is 0 Å². The summed E-state index contributed by atoms with van der Waals surface area (Å²) < 4.78 is 1.78. The number of nitrogens with zero attached hydrogens (tertiary/aromatic N) is 3. The van der Waals surface area contributed by atoms with Gasteiger partial charge in [-0.2, -0.15) is 0 Å². The Bertz CT molecular complexity index is 566. The van der Waals surface area contributed by atoms with Gasteiger partial charge >= 0.3 is 0 Å². The molecule has 1 aromatic heterocycles. The van der Waals surface area contributed by atoms with Gasteiger partial charge in [0.25, 0.3) is 0 Å². The molecule has 0 saturated carbocycles. The van der Waals surface area contributed by atoms with Gasteiger partial charge in [-0.1, -0.05) is 42.3 Å². The van der Waals surface area contributed by atoms with Crippen LogP contribution in [0.2, 0.25) is 5.02 Å². The minimum absolute atomic E-state index is 0.440. The number of unbranched alkanes of at least 4 members (excludes halogenated alkanes) is 1. The number of carbonyl (C=O) groups excluding carboxylic acids is 1. The van der Waals surface area contributed by atoms with Crippen LogP contribution in [-0.2, 0) is 13.0 Å². The number of benzene rings is 1. The summed E-state index contributed by atoms with van der Waals surface area (Å²) in [5.74, 6) is 0. The second-order valence-corrected chi connectivity index (χ2v) is 4.87. The molecule has 0 aliphatic carbocycles. The molecule has 0 fully saturated rings. The normalized spacial score (nSPS) is 10.6. The standard InChI is InChI=1S/C14H16ClN3O/c1-2-3-7-14-13(10-19)16-17-18(14)9-11-5-4-6-12(15)8-11/h4-6,8,10H,2-3,7,9H2,1H3. The van der Waals surface area contributed by atoms with E-state index in [1.807, 2.05) is 24.3 Å². The third-order valence-electron chi connectivity index (χ3n) is 2.97. The van der Waals surface area contributed by atoms with E-state index in [9.17, 15) is 4.79 Å². The van der Waals surface area contributed by atoms with Crippen molar-refractivity contribution >= 4 is 17.9 Å². The number of halogens is 1. The zero-order valence-corrected chi connectivity index (χ0v) is 11.6. The predicted octanol–water partition coefficient (Wildman–Crippen LogP) is 3.13. The SMILES string of the molecule is CCCCc1c(C=O)nnn1Cc1cccc(Cl)c1. The topological polar surface area (TPSA) is 47.8 Å². The maximum Gasteiger partial charge on any atom is 0.172 e. The molecule has 0 atom stereocenters. The Hall–Kier alpha value is -1.68. The quantitative estimate of drug-likeness (QED) is 0.762. The highest BCUT2D eigenvalue weighted by atomic mass is 35.5. The molecule has 0 radical (unpaired) electrons. The smallest absolute Gasteiger partial charge is 0.172 e. The average molecular weight is 278 g/mol. The lowest BCUT2D eigenvalue weighted by Gasteiger charge is -2.07. The van der Waals surface area contributed by atoms with Gasteiger partial charge < -0.3 is 0 Å². The fraction of sp³-hybridized carbons (Fsp3) is 0.357. The molecule has 2 rings (SSSR count). The van der Waals surface area contributed by atoms with Crippen molar-refractivity contribution in [3.05, 3.63) is 46.2 Å². The lowest BCUT2D eigenvalue weighted by atomic mass is 10.1. The minimum Gasteiger partial charge on any atom is -0.296 e. The van der Waals surface area contributed by atoms with E-state index >= 15 is 0 Å². The van der Waals surface area contributed by atoms with Crippen molar-refractivity contribution in [2.45, 2.75) is 32.7 Å². The molecule has 4 nitrogen and oxygen atoms in total. The van der Waals surface area contributed by atoms with Gasteiger partial charge in [0.15, 0.2) is 6.29 Å². The van der Waals surface area contributed by atoms with E-state index in [0.29, 0.717) is 17.3 Å². The van der Waals surface area contributed by atoms with Crippen LogP contribution < -0.4 is 0 Å². The number of carbonyl (C=O) groups is 1. The molecule has 0 amide bonds. The minimum atomic E-state index is 0.440. The first kappa shape index (κ1) is 13.7. The number of aromatic nitrogens is 3. The highest BCUT2D eigenvalue weighted by molar-refractivity contribution is 6.30. The molecule has 2 aromatic rings. The van der Waals surface area contributed by atoms with Gasteiger partial charge in [0.2, 0.25) is 0 Å². The predicted molar refractivity (Wildman–Crippen MR) is 74.6 cm³/mol. The van der Waals surface area contributed by atoms with Gasteiger partial charge in [-0.05, 0) is 30.5 Å². The van der Waals surface area contributed by atoms with Crippen molar-refractivity contribution in [1.29, 1.82) is 0 Å². The van der Waals surface area contributed by atoms with Gasteiger partial charge in [-0.15, -0.1) is 5.10 Å². The Labute approximate surface area is 117 Å².